The average Bonchev–Trinajstić information content (AvgIpc) is 3.42. The number of anilines is 1. The Balaban J connectivity index is 1.50. The zero-order valence-corrected chi connectivity index (χ0v) is 17.2. The van der Waals surface area contributed by atoms with Crippen LogP contribution in [0, 0.1) is 6.92 Å². The Morgan fingerprint density at radius 2 is 2.37 bits per heavy atom. The third kappa shape index (κ3) is 4.57. The van der Waals surface area contributed by atoms with E-state index in [2.05, 4.69) is 43.4 Å². The molecule has 3 aromatic heterocycles. The van der Waals surface area contributed by atoms with Crippen molar-refractivity contribution in [2.45, 2.75) is 37.6 Å². The number of thiazole rings is 1. The summed E-state index contributed by atoms with van der Waals surface area (Å²) in [5, 5.41) is 16.8. The summed E-state index contributed by atoms with van der Waals surface area (Å²) < 4.78 is 7.89. The molecule has 0 radical (unpaired) electrons. The third-order valence-corrected chi connectivity index (χ3v) is 6.64. The first kappa shape index (κ1) is 18.6. The molecule has 0 aromatic carbocycles. The van der Waals surface area contributed by atoms with Crippen LogP contribution >= 0.6 is 34.4 Å². The molecule has 1 unspecified atom stereocenters. The van der Waals surface area contributed by atoms with E-state index in [-0.39, 0.29) is 17.8 Å². The number of nitrogens with zero attached hydrogens (tertiary/aromatic N) is 4. The molecule has 3 aromatic rings. The highest BCUT2D eigenvalue weighted by Gasteiger charge is 2.22. The molecular formula is C17H19N5O2S3. The normalized spacial score (nSPS) is 16.7. The maximum atomic E-state index is 12.2. The minimum Gasteiger partial charge on any atom is -0.376 e. The van der Waals surface area contributed by atoms with Crippen LogP contribution in [0.1, 0.15) is 17.7 Å². The zero-order valence-electron chi connectivity index (χ0n) is 14.8. The zero-order chi connectivity index (χ0) is 18.6. The molecule has 142 valence electrons. The molecular weight excluding hydrogens is 402 g/mol. The fourth-order valence-electron chi connectivity index (χ4n) is 2.90. The second-order valence-electron chi connectivity index (χ2n) is 6.17. The van der Waals surface area contributed by atoms with Gasteiger partial charge in [-0.05, 0) is 25.8 Å². The lowest BCUT2D eigenvalue weighted by Crippen LogP contribution is -2.18. The Morgan fingerprint density at radius 1 is 1.44 bits per heavy atom. The van der Waals surface area contributed by atoms with Gasteiger partial charge in [-0.3, -0.25) is 9.36 Å². The first-order valence-electron chi connectivity index (χ1n) is 8.61. The van der Waals surface area contributed by atoms with Crippen LogP contribution < -0.4 is 5.32 Å². The highest BCUT2D eigenvalue weighted by Crippen LogP contribution is 2.29. The van der Waals surface area contributed by atoms with Crippen LogP contribution in [0.3, 0.4) is 0 Å². The number of aryl methyl sites for hydroxylation is 1. The molecule has 1 aliphatic rings. The number of amides is 1. The van der Waals surface area contributed by atoms with Crippen LogP contribution in [0.5, 0.6) is 0 Å². The number of carbonyl (C=O) groups excluding carboxylic acids is 1. The van der Waals surface area contributed by atoms with Crippen LogP contribution in [-0.4, -0.2) is 44.1 Å². The third-order valence-electron chi connectivity index (χ3n) is 4.13. The smallest absolute Gasteiger partial charge is 0.236 e. The monoisotopic (exact) mass is 421 g/mol. The van der Waals surface area contributed by atoms with Crippen molar-refractivity contribution in [1.29, 1.82) is 0 Å². The number of carbonyl (C=O) groups is 1. The minimum atomic E-state index is -0.102. The van der Waals surface area contributed by atoms with Crippen molar-refractivity contribution < 1.29 is 9.53 Å². The topological polar surface area (TPSA) is 81.9 Å². The van der Waals surface area contributed by atoms with Crippen LogP contribution in [0.25, 0.3) is 11.4 Å². The molecule has 1 fully saturated rings. The second-order valence-corrected chi connectivity index (χ2v) is 9.12. The molecule has 1 aliphatic heterocycles. The summed E-state index contributed by atoms with van der Waals surface area (Å²) in [6, 6.07) is 2.12. The molecule has 1 N–H and O–H groups in total. The van der Waals surface area contributed by atoms with E-state index in [1.165, 1.54) is 28.0 Å². The van der Waals surface area contributed by atoms with Gasteiger partial charge >= 0.3 is 0 Å². The Bertz CT molecular complexity index is 900. The molecule has 4 heterocycles. The van der Waals surface area contributed by atoms with E-state index >= 15 is 0 Å². The van der Waals surface area contributed by atoms with E-state index in [0.717, 1.165) is 36.0 Å². The molecule has 0 aliphatic carbocycles. The van der Waals surface area contributed by atoms with Gasteiger partial charge < -0.3 is 10.1 Å². The molecule has 10 heteroatoms. The van der Waals surface area contributed by atoms with Gasteiger partial charge in [0.05, 0.1) is 18.4 Å². The number of thioether (sulfide) groups is 1. The summed E-state index contributed by atoms with van der Waals surface area (Å²) in [5.74, 6) is 0.985. The maximum absolute atomic E-state index is 12.2. The Labute approximate surface area is 169 Å². The van der Waals surface area contributed by atoms with Crippen molar-refractivity contribution in [2.24, 2.45) is 0 Å². The summed E-state index contributed by atoms with van der Waals surface area (Å²) >= 11 is 4.48. The second kappa shape index (κ2) is 8.51. The highest BCUT2D eigenvalue weighted by molar-refractivity contribution is 7.99. The first-order chi connectivity index (χ1) is 13.2. The van der Waals surface area contributed by atoms with Crippen molar-refractivity contribution in [3.05, 3.63) is 27.9 Å². The highest BCUT2D eigenvalue weighted by atomic mass is 32.2. The van der Waals surface area contributed by atoms with Crippen molar-refractivity contribution in [3.8, 4) is 11.4 Å². The van der Waals surface area contributed by atoms with Gasteiger partial charge in [-0.1, -0.05) is 11.8 Å². The molecule has 0 spiro atoms. The largest absolute Gasteiger partial charge is 0.376 e. The van der Waals surface area contributed by atoms with Crippen LogP contribution in [0.4, 0.5) is 5.13 Å². The van der Waals surface area contributed by atoms with Crippen molar-refractivity contribution in [3.63, 3.8) is 0 Å². The van der Waals surface area contributed by atoms with Crippen molar-refractivity contribution in [2.75, 3.05) is 17.7 Å². The van der Waals surface area contributed by atoms with E-state index in [1.807, 2.05) is 5.38 Å². The van der Waals surface area contributed by atoms with Gasteiger partial charge in [0.2, 0.25) is 5.91 Å². The fraction of sp³-hybridized carbons (Fsp3) is 0.412. The number of hydrogen-bond donors (Lipinski definition) is 1. The fourth-order valence-corrected chi connectivity index (χ4v) is 4.87. The predicted molar refractivity (Wildman–Crippen MR) is 109 cm³/mol. The van der Waals surface area contributed by atoms with Gasteiger partial charge in [0.15, 0.2) is 16.1 Å². The van der Waals surface area contributed by atoms with Crippen LogP contribution in [-0.2, 0) is 16.1 Å². The standard InChI is InChI=1S/C17H19N5O2S3/c1-11-7-12(9-26-11)15-20-21-17(22(15)8-13-3-2-5-24-13)27-10-14(23)19-16-18-4-6-25-16/h4,6-7,9,13H,2-3,5,8,10H2,1H3,(H,18,19,23). The van der Waals surface area contributed by atoms with E-state index in [1.54, 1.807) is 17.5 Å². The summed E-state index contributed by atoms with van der Waals surface area (Å²) in [5.41, 5.74) is 1.06. The van der Waals surface area contributed by atoms with Gasteiger partial charge in [-0.15, -0.1) is 32.9 Å². The molecule has 7 nitrogen and oxygen atoms in total. The quantitative estimate of drug-likeness (QED) is 0.586. The molecule has 1 atom stereocenters. The lowest BCUT2D eigenvalue weighted by molar-refractivity contribution is -0.113. The molecule has 1 amide bonds. The number of thiophene rings is 1. The van der Waals surface area contributed by atoms with Gasteiger partial charge in [0.1, 0.15) is 0 Å². The van der Waals surface area contributed by atoms with Gasteiger partial charge in [0, 0.05) is 34.0 Å². The molecule has 0 saturated carbocycles. The first-order valence-corrected chi connectivity index (χ1v) is 11.4. The Morgan fingerprint density at radius 3 is 3.07 bits per heavy atom. The number of rotatable bonds is 7. The SMILES string of the molecule is Cc1cc(-c2nnc(SCC(=O)Nc3nccs3)n2CC2CCCO2)cs1. The van der Waals surface area contributed by atoms with E-state index < -0.39 is 0 Å². The molecule has 27 heavy (non-hydrogen) atoms. The number of hydrogen-bond acceptors (Lipinski definition) is 8. The van der Waals surface area contributed by atoms with E-state index in [0.29, 0.717) is 11.7 Å². The lowest BCUT2D eigenvalue weighted by Gasteiger charge is -2.14. The van der Waals surface area contributed by atoms with Gasteiger partial charge in [-0.2, -0.15) is 0 Å². The van der Waals surface area contributed by atoms with E-state index in [4.69, 9.17) is 4.74 Å². The summed E-state index contributed by atoms with van der Waals surface area (Å²) in [7, 11) is 0. The molecule has 1 saturated heterocycles. The van der Waals surface area contributed by atoms with Crippen LogP contribution in [0.15, 0.2) is 28.2 Å². The average molecular weight is 422 g/mol. The maximum Gasteiger partial charge on any atom is 0.236 e. The summed E-state index contributed by atoms with van der Waals surface area (Å²) in [6.07, 6.45) is 3.96. The number of aromatic nitrogens is 4. The molecule has 4 rings (SSSR count). The van der Waals surface area contributed by atoms with Gasteiger partial charge in [-0.25, -0.2) is 4.98 Å². The minimum absolute atomic E-state index is 0.102. The van der Waals surface area contributed by atoms with Crippen LogP contribution in [0.2, 0.25) is 0 Å². The van der Waals surface area contributed by atoms with Crippen molar-refractivity contribution in [1.82, 2.24) is 19.7 Å². The number of nitrogens with one attached hydrogen (secondary N) is 1. The number of ether oxygens (including phenoxy) is 1. The Hall–Kier alpha value is -1.75. The lowest BCUT2D eigenvalue weighted by atomic mass is 10.2. The Kier molecular flexibility index (Phi) is 5.86. The van der Waals surface area contributed by atoms with Crippen molar-refractivity contribution >= 4 is 45.5 Å². The predicted octanol–water partition coefficient (Wildman–Crippen LogP) is 3.68. The summed E-state index contributed by atoms with van der Waals surface area (Å²) in [4.78, 5) is 17.5. The summed E-state index contributed by atoms with van der Waals surface area (Å²) in [6.45, 7) is 3.58. The van der Waals surface area contributed by atoms with E-state index in [9.17, 15) is 4.79 Å². The molecule has 0 bridgehead atoms. The van der Waals surface area contributed by atoms with Gasteiger partial charge in [0.25, 0.3) is 0 Å².